The Kier molecular flexibility index (Phi) is 34.8. The van der Waals surface area contributed by atoms with Gasteiger partial charge in [0.1, 0.15) is 43.2 Å². The second-order valence-electron chi connectivity index (χ2n) is 15.7. The summed E-state index contributed by atoms with van der Waals surface area (Å²) < 4.78 is 33.4. The quantitative estimate of drug-likeness (QED) is 0.0104. The Morgan fingerprint density at radius 2 is 1.02 bits per heavy atom. The Balaban J connectivity index is 2.58. The zero-order chi connectivity index (χ0) is 47.3. The zero-order valence-corrected chi connectivity index (χ0v) is 39.0. The third-order valence-corrected chi connectivity index (χ3v) is 11.0. The van der Waals surface area contributed by atoms with Crippen molar-refractivity contribution in [2.45, 2.75) is 185 Å². The molecule has 364 valence electrons. The molecule has 0 radical (unpaired) electrons. The summed E-state index contributed by atoms with van der Waals surface area (Å²) in [6, 6.07) is 0. The third kappa shape index (κ3) is 30.0. The Morgan fingerprint density at radius 1 is 0.562 bits per heavy atom. The number of carbonyl (C=O) groups is 2. The van der Waals surface area contributed by atoms with Crippen LogP contribution in [0.1, 0.15) is 136 Å². The third-order valence-electron chi connectivity index (χ3n) is 10.0. The van der Waals surface area contributed by atoms with Gasteiger partial charge in [0.25, 0.3) is 0 Å². The number of ether oxygens (including phenoxy) is 2. The van der Waals surface area contributed by atoms with E-state index in [1.165, 1.54) is 19.3 Å². The second-order valence-corrected chi connectivity index (χ2v) is 17.2. The van der Waals surface area contributed by atoms with Gasteiger partial charge in [-0.25, -0.2) is 4.57 Å². The fraction of sp³-hybridized carbons (Fsp3) is 0.633. The molecule has 1 fully saturated rings. The van der Waals surface area contributed by atoms with Crippen LogP contribution in [0.2, 0.25) is 0 Å². The predicted molar refractivity (Wildman–Crippen MR) is 250 cm³/mol. The fourth-order valence-electron chi connectivity index (χ4n) is 6.20. The molecule has 14 nitrogen and oxygen atoms in total. The maximum atomic E-state index is 12.8. The van der Waals surface area contributed by atoms with Crippen molar-refractivity contribution in [2.24, 2.45) is 0 Å². The van der Waals surface area contributed by atoms with Crippen LogP contribution < -0.4 is 0 Å². The van der Waals surface area contributed by atoms with E-state index in [9.17, 15) is 49.7 Å². The lowest BCUT2D eigenvalue weighted by atomic mass is 9.85. The van der Waals surface area contributed by atoms with Gasteiger partial charge in [0, 0.05) is 12.8 Å². The Morgan fingerprint density at radius 3 is 1.55 bits per heavy atom. The molecule has 1 saturated carbocycles. The predicted octanol–water partition coefficient (Wildman–Crippen LogP) is 8.02. The molecular weight excluding hydrogens is 843 g/mol. The summed E-state index contributed by atoms with van der Waals surface area (Å²) in [4.78, 5) is 35.7. The first-order valence-corrected chi connectivity index (χ1v) is 24.6. The zero-order valence-electron chi connectivity index (χ0n) is 38.1. The van der Waals surface area contributed by atoms with Crippen molar-refractivity contribution in [2.75, 3.05) is 13.2 Å². The molecule has 1 aliphatic rings. The molecule has 0 spiro atoms. The monoisotopic (exact) mass is 923 g/mol. The SMILES string of the molecule is CCCCC/C=C\C/C=C\C/C=C\C/C=C\CCCC(=O)OC[C@H](COP(=O)(O)OC1[C@H](O)[C@H](O)C(O)[C@H](O)[C@H]1O)OC(=O)CCC/C=C\C/C=C\C/C=C\C=C\[C@@H](O)CCCCC. The summed E-state index contributed by atoms with van der Waals surface area (Å²) in [5.74, 6) is -1.27. The minimum Gasteiger partial charge on any atom is -0.462 e. The molecule has 0 aromatic carbocycles. The first-order chi connectivity index (χ1) is 30.8. The topological polar surface area (TPSA) is 230 Å². The van der Waals surface area contributed by atoms with Crippen LogP contribution in [0, 0.1) is 0 Å². The van der Waals surface area contributed by atoms with Crippen molar-refractivity contribution < 1.29 is 68.2 Å². The van der Waals surface area contributed by atoms with Gasteiger partial charge in [-0.05, 0) is 77.0 Å². The van der Waals surface area contributed by atoms with E-state index in [4.69, 9.17) is 18.5 Å². The molecule has 0 bridgehead atoms. The van der Waals surface area contributed by atoms with Gasteiger partial charge in [-0.3, -0.25) is 18.6 Å². The molecule has 1 rings (SSSR count). The fourth-order valence-corrected chi connectivity index (χ4v) is 7.18. The van der Waals surface area contributed by atoms with E-state index in [1.54, 1.807) is 6.08 Å². The first kappa shape index (κ1) is 58.7. The van der Waals surface area contributed by atoms with Gasteiger partial charge in [-0.2, -0.15) is 0 Å². The molecule has 64 heavy (non-hydrogen) atoms. The molecule has 3 unspecified atom stereocenters. The summed E-state index contributed by atoms with van der Waals surface area (Å²) >= 11 is 0. The van der Waals surface area contributed by atoms with Crippen molar-refractivity contribution in [3.8, 4) is 0 Å². The number of hydrogen-bond acceptors (Lipinski definition) is 13. The molecule has 0 aliphatic heterocycles. The Hall–Kier alpha value is -3.27. The van der Waals surface area contributed by atoms with Crippen LogP contribution in [0.4, 0.5) is 0 Å². The minimum atomic E-state index is -5.16. The number of phosphoric acid groups is 1. The van der Waals surface area contributed by atoms with Crippen molar-refractivity contribution in [3.05, 3.63) is 97.2 Å². The number of hydrogen-bond donors (Lipinski definition) is 7. The number of unbranched alkanes of at least 4 members (excludes halogenated alkanes) is 7. The van der Waals surface area contributed by atoms with Gasteiger partial charge in [0.05, 0.1) is 12.7 Å². The number of allylic oxidation sites excluding steroid dienone is 15. The number of esters is 2. The highest BCUT2D eigenvalue weighted by Gasteiger charge is 2.51. The van der Waals surface area contributed by atoms with Gasteiger partial charge < -0.3 is 45.0 Å². The number of carbonyl (C=O) groups excluding carboxylic acids is 2. The minimum absolute atomic E-state index is 0.0167. The largest absolute Gasteiger partial charge is 0.472 e. The van der Waals surface area contributed by atoms with Crippen molar-refractivity contribution >= 4 is 19.8 Å². The number of phosphoric ester groups is 1. The summed E-state index contributed by atoms with van der Waals surface area (Å²) in [6.07, 6.45) is 33.6. The van der Waals surface area contributed by atoms with Crippen LogP contribution in [0.3, 0.4) is 0 Å². The summed E-state index contributed by atoms with van der Waals surface area (Å²) in [5.41, 5.74) is 0. The van der Waals surface area contributed by atoms with Crippen LogP contribution in [0.15, 0.2) is 97.2 Å². The normalized spacial score (nSPS) is 23.0. The van der Waals surface area contributed by atoms with Gasteiger partial charge in [0.2, 0.25) is 0 Å². The Labute approximate surface area is 382 Å². The molecule has 15 heteroatoms. The summed E-state index contributed by atoms with van der Waals surface area (Å²) in [6.45, 7) is 3.03. The first-order valence-electron chi connectivity index (χ1n) is 23.1. The van der Waals surface area contributed by atoms with Crippen LogP contribution in [0.25, 0.3) is 0 Å². The van der Waals surface area contributed by atoms with Crippen molar-refractivity contribution in [3.63, 3.8) is 0 Å². The van der Waals surface area contributed by atoms with Crippen LogP contribution in [-0.4, -0.2) is 110 Å². The van der Waals surface area contributed by atoms with Crippen LogP contribution >= 0.6 is 7.82 Å². The van der Waals surface area contributed by atoms with E-state index in [-0.39, 0.29) is 12.8 Å². The molecule has 0 saturated heterocycles. The van der Waals surface area contributed by atoms with Gasteiger partial charge in [-0.15, -0.1) is 0 Å². The highest BCUT2D eigenvalue weighted by molar-refractivity contribution is 7.47. The van der Waals surface area contributed by atoms with E-state index < -0.39 is 81.8 Å². The lowest BCUT2D eigenvalue weighted by molar-refractivity contribution is -0.220. The summed E-state index contributed by atoms with van der Waals surface area (Å²) in [7, 11) is -5.16. The average Bonchev–Trinajstić information content (AvgIpc) is 3.27. The van der Waals surface area contributed by atoms with E-state index >= 15 is 0 Å². The lowest BCUT2D eigenvalue weighted by Gasteiger charge is -2.41. The molecular formula is C49H79O14P. The van der Waals surface area contributed by atoms with E-state index in [2.05, 4.69) is 50.3 Å². The molecule has 1 aliphatic carbocycles. The maximum absolute atomic E-state index is 12.8. The van der Waals surface area contributed by atoms with Crippen molar-refractivity contribution in [1.82, 2.24) is 0 Å². The van der Waals surface area contributed by atoms with Crippen LogP contribution in [0.5, 0.6) is 0 Å². The highest BCUT2D eigenvalue weighted by Crippen LogP contribution is 2.47. The highest BCUT2D eigenvalue weighted by atomic mass is 31.2. The van der Waals surface area contributed by atoms with E-state index in [0.29, 0.717) is 32.1 Å². The van der Waals surface area contributed by atoms with Gasteiger partial charge in [0.15, 0.2) is 6.10 Å². The maximum Gasteiger partial charge on any atom is 0.472 e. The average molecular weight is 923 g/mol. The molecule has 0 heterocycles. The smallest absolute Gasteiger partial charge is 0.462 e. The van der Waals surface area contributed by atoms with E-state index in [1.807, 2.05) is 54.7 Å². The molecule has 9 atom stereocenters. The molecule has 7 N–H and O–H groups in total. The second kappa shape index (κ2) is 37.9. The molecule has 0 amide bonds. The number of rotatable bonds is 36. The standard InChI is InChI=1S/C49H79O14P/c1-3-5-7-8-9-10-11-12-13-14-15-16-19-22-25-28-32-36-42(51)60-38-41(39-61-64(58,59)63-49-47(56)45(54)44(53)46(55)48(49)57)62-43(52)37-33-29-26-23-20-17-18-21-24-27-31-35-40(50)34-30-6-4-2/h9-10,12-13,15-18,22-27,31,35,40-41,44-50,53-57H,3-8,11,14,19-21,28-30,32-34,36-39H2,1-2H3,(H,58,59)/b10-9-,13-12-,16-15-,18-17-,25-22-,26-23-,27-24-,35-31+/t40-,41+,44?,45-,46+,47+,48+,49?/m0/s1. The number of aliphatic hydroxyl groups excluding tert-OH is 6. The van der Waals surface area contributed by atoms with E-state index in [0.717, 1.165) is 57.8 Å². The molecule has 0 aromatic rings. The van der Waals surface area contributed by atoms with Crippen LogP contribution in [-0.2, 0) is 32.7 Å². The lowest BCUT2D eigenvalue weighted by Crippen LogP contribution is -2.64. The Bertz CT molecular complexity index is 1500. The van der Waals surface area contributed by atoms with Gasteiger partial charge in [-0.1, -0.05) is 143 Å². The molecule has 0 aromatic heterocycles. The van der Waals surface area contributed by atoms with Crippen molar-refractivity contribution in [1.29, 1.82) is 0 Å². The summed E-state index contributed by atoms with van der Waals surface area (Å²) in [5, 5.41) is 60.0. The number of aliphatic hydroxyl groups is 6. The van der Waals surface area contributed by atoms with Gasteiger partial charge >= 0.3 is 19.8 Å².